The predicted molar refractivity (Wildman–Crippen MR) is 160 cm³/mol. The maximum absolute atomic E-state index is 13.6. The summed E-state index contributed by atoms with van der Waals surface area (Å²) < 4.78 is 24.0. The Morgan fingerprint density at radius 1 is 1.02 bits per heavy atom. The summed E-state index contributed by atoms with van der Waals surface area (Å²) in [4.78, 5) is 19.8. The van der Waals surface area contributed by atoms with E-state index in [1.165, 1.54) is 17.7 Å². The molecule has 1 fully saturated rings. The van der Waals surface area contributed by atoms with E-state index in [1.807, 2.05) is 11.1 Å². The molecule has 3 heterocycles. The molecule has 0 saturated carbocycles. The van der Waals surface area contributed by atoms with Crippen molar-refractivity contribution in [3.8, 4) is 6.01 Å². The number of nitrogens with zero attached hydrogens (tertiary/aromatic N) is 4. The first-order chi connectivity index (χ1) is 20.6. The van der Waals surface area contributed by atoms with Crippen LogP contribution in [-0.4, -0.2) is 74.4 Å². The van der Waals surface area contributed by atoms with E-state index in [0.29, 0.717) is 38.9 Å². The summed E-state index contributed by atoms with van der Waals surface area (Å²) >= 11 is 0. The highest BCUT2D eigenvalue weighted by Gasteiger charge is 2.35. The molecule has 3 aromatic rings. The summed E-state index contributed by atoms with van der Waals surface area (Å²) in [5.74, 6) is 0.0903. The number of benzene rings is 2. The van der Waals surface area contributed by atoms with E-state index >= 15 is 0 Å². The Morgan fingerprint density at radius 2 is 1.79 bits per heavy atom. The number of rotatable bonds is 12. The number of hydrogen-bond donors (Lipinski definition) is 2. The smallest absolute Gasteiger partial charge is 0.316 e. The van der Waals surface area contributed by atoms with E-state index < -0.39 is 0 Å². The van der Waals surface area contributed by atoms with Gasteiger partial charge in [-0.1, -0.05) is 42.5 Å². The van der Waals surface area contributed by atoms with Gasteiger partial charge in [0.05, 0.1) is 26.1 Å². The number of hydrogen-bond acceptors (Lipinski definition) is 9. The minimum absolute atomic E-state index is 0.166. The fourth-order valence-corrected chi connectivity index (χ4v) is 5.64. The maximum atomic E-state index is 13.6. The highest BCUT2D eigenvalue weighted by Crippen LogP contribution is 2.34. The highest BCUT2D eigenvalue weighted by atomic mass is 19.1. The van der Waals surface area contributed by atoms with Crippen molar-refractivity contribution in [2.45, 2.75) is 25.4 Å². The Labute approximate surface area is 246 Å². The molecular weight excluding hydrogens is 535 g/mol. The second kappa shape index (κ2) is 14.5. The Morgan fingerprint density at radius 3 is 2.50 bits per heavy atom. The van der Waals surface area contributed by atoms with Crippen molar-refractivity contribution in [3.63, 3.8) is 0 Å². The first-order valence-corrected chi connectivity index (χ1v) is 14.3. The molecule has 42 heavy (non-hydrogen) atoms. The van der Waals surface area contributed by atoms with Crippen LogP contribution in [0.15, 0.2) is 83.3 Å². The Balaban J connectivity index is 1.32. The van der Waals surface area contributed by atoms with Crippen molar-refractivity contribution in [2.24, 2.45) is 10.9 Å². The van der Waals surface area contributed by atoms with Gasteiger partial charge in [-0.15, -0.1) is 0 Å². The fraction of sp³-hybridized carbons (Fsp3) is 0.406. The van der Waals surface area contributed by atoms with Crippen LogP contribution in [0.5, 0.6) is 6.01 Å². The first kappa shape index (κ1) is 29.8. The van der Waals surface area contributed by atoms with Crippen molar-refractivity contribution in [1.29, 1.82) is 0 Å². The third-order valence-corrected chi connectivity index (χ3v) is 7.76. The minimum atomic E-state index is -0.254. The van der Waals surface area contributed by atoms with E-state index in [-0.39, 0.29) is 23.8 Å². The van der Waals surface area contributed by atoms with Gasteiger partial charge in [0.1, 0.15) is 11.9 Å². The molecule has 3 atom stereocenters. The van der Waals surface area contributed by atoms with Gasteiger partial charge in [0.15, 0.2) is 0 Å². The molecule has 0 amide bonds. The number of aromatic nitrogens is 2. The van der Waals surface area contributed by atoms with Crippen molar-refractivity contribution >= 4 is 5.71 Å². The van der Waals surface area contributed by atoms with E-state index in [1.54, 1.807) is 38.7 Å². The van der Waals surface area contributed by atoms with E-state index in [0.717, 1.165) is 41.1 Å². The molecule has 2 aliphatic heterocycles. The minimum Gasteiger partial charge on any atom is -0.467 e. The van der Waals surface area contributed by atoms with Crippen LogP contribution in [0.1, 0.15) is 42.1 Å². The van der Waals surface area contributed by atoms with Gasteiger partial charge in [-0.05, 0) is 42.2 Å². The molecule has 0 spiro atoms. The molecule has 1 saturated heterocycles. The lowest BCUT2D eigenvalue weighted by Crippen LogP contribution is -2.36. The number of ether oxygens (including phenoxy) is 2. The number of allylic oxidation sites excluding steroid dienone is 2. The maximum Gasteiger partial charge on any atom is 0.316 e. The van der Waals surface area contributed by atoms with Crippen LogP contribution in [0.2, 0.25) is 0 Å². The average Bonchev–Trinajstić information content (AvgIpc) is 3.36. The molecule has 0 radical (unpaired) electrons. The number of methoxy groups -OCH3 is 2. The lowest BCUT2D eigenvalue weighted by atomic mass is 9.89. The van der Waals surface area contributed by atoms with Gasteiger partial charge < -0.3 is 14.8 Å². The van der Waals surface area contributed by atoms with Gasteiger partial charge in [0.2, 0.25) is 0 Å². The zero-order valence-electron chi connectivity index (χ0n) is 24.4. The van der Waals surface area contributed by atoms with Crippen LogP contribution >= 0.6 is 0 Å². The van der Waals surface area contributed by atoms with Crippen LogP contribution in [0.3, 0.4) is 0 Å². The normalized spacial score (nSPS) is 21.2. The third-order valence-electron chi connectivity index (χ3n) is 7.76. The summed E-state index contributed by atoms with van der Waals surface area (Å²) in [6.45, 7) is 6.07. The van der Waals surface area contributed by atoms with Crippen molar-refractivity contribution in [2.75, 3.05) is 53.7 Å². The van der Waals surface area contributed by atoms with Crippen LogP contribution in [-0.2, 0) is 9.57 Å². The van der Waals surface area contributed by atoms with Crippen LogP contribution in [0, 0.1) is 11.7 Å². The molecule has 1 unspecified atom stereocenters. The zero-order valence-corrected chi connectivity index (χ0v) is 24.4. The van der Waals surface area contributed by atoms with E-state index in [2.05, 4.69) is 51.8 Å². The predicted octanol–water partition coefficient (Wildman–Crippen LogP) is 4.26. The molecule has 2 aromatic carbocycles. The molecule has 222 valence electrons. The molecule has 9 nitrogen and oxygen atoms in total. The molecular formula is C32H39FN6O3. The highest BCUT2D eigenvalue weighted by molar-refractivity contribution is 6.12. The Bertz CT molecular complexity index is 1350. The lowest BCUT2D eigenvalue weighted by Gasteiger charge is -2.24. The van der Waals surface area contributed by atoms with Crippen LogP contribution < -0.4 is 15.4 Å². The van der Waals surface area contributed by atoms with Gasteiger partial charge in [-0.2, -0.15) is 5.06 Å². The average molecular weight is 575 g/mol. The summed E-state index contributed by atoms with van der Waals surface area (Å²) in [7, 11) is 3.24. The van der Waals surface area contributed by atoms with Crippen molar-refractivity contribution < 1.29 is 18.7 Å². The quantitative estimate of drug-likeness (QED) is 0.245. The Hall–Kier alpha value is -3.70. The molecule has 2 aliphatic rings. The topological polar surface area (TPSA) is 93.1 Å². The summed E-state index contributed by atoms with van der Waals surface area (Å²) in [6.07, 6.45) is 4.23. The monoisotopic (exact) mass is 574 g/mol. The molecule has 0 aliphatic carbocycles. The molecule has 0 bridgehead atoms. The van der Waals surface area contributed by atoms with Gasteiger partial charge in [0.25, 0.3) is 0 Å². The van der Waals surface area contributed by atoms with Crippen molar-refractivity contribution in [3.05, 3.63) is 101 Å². The number of hydroxylamine groups is 2. The van der Waals surface area contributed by atoms with Gasteiger partial charge in [-0.25, -0.2) is 14.4 Å². The second-order valence-corrected chi connectivity index (χ2v) is 10.5. The van der Waals surface area contributed by atoms with E-state index in [9.17, 15) is 4.39 Å². The molecule has 2 N–H and O–H groups in total. The largest absolute Gasteiger partial charge is 0.467 e. The fourth-order valence-electron chi connectivity index (χ4n) is 5.64. The number of nitrogens with one attached hydrogen (secondary N) is 2. The summed E-state index contributed by atoms with van der Waals surface area (Å²) in [5.41, 5.74) is 6.14. The molecule has 5 rings (SSSR count). The number of halogens is 1. The van der Waals surface area contributed by atoms with Crippen molar-refractivity contribution in [1.82, 2.24) is 25.7 Å². The summed E-state index contributed by atoms with van der Waals surface area (Å²) in [6, 6.07) is 17.5. The third kappa shape index (κ3) is 7.19. The van der Waals surface area contributed by atoms with Gasteiger partial charge >= 0.3 is 6.01 Å². The Kier molecular flexibility index (Phi) is 10.3. The molecule has 10 heteroatoms. The zero-order chi connectivity index (χ0) is 29.3. The van der Waals surface area contributed by atoms with E-state index in [4.69, 9.17) is 19.3 Å². The molecule has 1 aromatic heterocycles. The SMILES string of the molecule is COCCN1C[C@@H](CNCNC2=C(C)C(c3cnc(OC)nc3)=NCCC2c2ccccc2)[C@H](c2ccc(F)cc2)O1. The lowest BCUT2D eigenvalue weighted by molar-refractivity contribution is -0.155. The van der Waals surface area contributed by atoms with Crippen LogP contribution in [0.4, 0.5) is 4.39 Å². The standard InChI is InChI=1S/C32H39FN6O3/c1-22-29(25-18-36-32(41-3)37-19-25)35-14-13-28(23-7-5-4-6-8-23)30(22)38-21-34-17-26-20-39(15-16-40-2)42-31(26)24-9-11-27(33)12-10-24/h4-12,18-19,26,28,31,34,38H,13-17,20-21H2,1-3H3/t26-,28?,31+/m1/s1. The second-order valence-electron chi connectivity index (χ2n) is 10.5. The first-order valence-electron chi connectivity index (χ1n) is 14.3. The van der Waals surface area contributed by atoms with Gasteiger partial charge in [0, 0.05) is 68.8 Å². The van der Waals surface area contributed by atoms with Crippen LogP contribution in [0.25, 0.3) is 0 Å². The number of aliphatic imine (C=N–C) groups is 1. The van der Waals surface area contributed by atoms with Gasteiger partial charge in [-0.3, -0.25) is 15.1 Å². The summed E-state index contributed by atoms with van der Waals surface area (Å²) in [5, 5.41) is 9.26.